The minimum absolute atomic E-state index is 0.236. The normalized spacial score (nSPS) is 11.5. The van der Waals surface area contributed by atoms with E-state index in [9.17, 15) is 14.0 Å². The third-order valence-corrected chi connectivity index (χ3v) is 5.06. The van der Waals surface area contributed by atoms with E-state index in [-0.39, 0.29) is 11.8 Å². The summed E-state index contributed by atoms with van der Waals surface area (Å²) >= 11 is 3.22. The molecule has 0 aliphatic heterocycles. The van der Waals surface area contributed by atoms with Gasteiger partial charge in [0.05, 0.1) is 4.47 Å². The van der Waals surface area contributed by atoms with Crippen LogP contribution in [0, 0.1) is 12.7 Å². The van der Waals surface area contributed by atoms with Crippen LogP contribution in [-0.2, 0) is 4.79 Å². The molecule has 0 aliphatic carbocycles. The Morgan fingerprint density at radius 1 is 0.967 bits per heavy atom. The number of carbonyl (C=O) groups is 2. The van der Waals surface area contributed by atoms with E-state index < -0.39 is 11.9 Å². The zero-order valence-corrected chi connectivity index (χ0v) is 18.0. The fraction of sp³-hybridized carbons (Fsp3) is 0.130. The van der Waals surface area contributed by atoms with Crippen LogP contribution >= 0.6 is 15.9 Å². The van der Waals surface area contributed by atoms with E-state index >= 15 is 0 Å². The van der Waals surface area contributed by atoms with E-state index in [1.54, 1.807) is 56.3 Å². The molecule has 0 bridgehead atoms. The van der Waals surface area contributed by atoms with Gasteiger partial charge in [0.2, 0.25) is 0 Å². The number of carbonyl (C=O) groups excluding carboxylic acids is 2. The van der Waals surface area contributed by atoms with Crippen LogP contribution in [-0.4, -0.2) is 17.9 Å². The number of amides is 2. The minimum atomic E-state index is -0.825. The van der Waals surface area contributed by atoms with Gasteiger partial charge in [-0.25, -0.2) is 4.39 Å². The zero-order valence-electron chi connectivity index (χ0n) is 16.4. The number of ether oxygens (including phenoxy) is 1. The Kier molecular flexibility index (Phi) is 6.84. The van der Waals surface area contributed by atoms with Crippen LogP contribution in [0.15, 0.2) is 71.2 Å². The van der Waals surface area contributed by atoms with Gasteiger partial charge in [0.25, 0.3) is 11.8 Å². The summed E-state index contributed by atoms with van der Waals surface area (Å²) in [5, 5.41) is 5.67. The molecule has 2 N–H and O–H groups in total. The van der Waals surface area contributed by atoms with Crippen molar-refractivity contribution in [2.24, 2.45) is 0 Å². The van der Waals surface area contributed by atoms with Crippen molar-refractivity contribution in [3.05, 3.63) is 88.1 Å². The second-order valence-corrected chi connectivity index (χ2v) is 7.48. The molecular weight excluding hydrogens is 451 g/mol. The Morgan fingerprint density at radius 2 is 1.63 bits per heavy atom. The van der Waals surface area contributed by atoms with Crippen molar-refractivity contribution in [2.45, 2.75) is 20.0 Å². The average molecular weight is 471 g/mol. The molecule has 2 amide bonds. The smallest absolute Gasteiger partial charge is 0.265 e. The Bertz CT molecular complexity index is 1070. The molecule has 30 heavy (non-hydrogen) atoms. The first-order valence-corrected chi connectivity index (χ1v) is 10.0. The van der Waals surface area contributed by atoms with E-state index in [1.165, 1.54) is 18.2 Å². The maximum Gasteiger partial charge on any atom is 0.265 e. The SMILES string of the molecule is Cc1c(NC(=O)c2ccccc2)cccc1NC(=O)C(C)Oc1ccc(F)cc1Br. The molecule has 1 atom stereocenters. The highest BCUT2D eigenvalue weighted by Gasteiger charge is 2.18. The fourth-order valence-corrected chi connectivity index (χ4v) is 3.18. The van der Waals surface area contributed by atoms with Gasteiger partial charge in [-0.2, -0.15) is 0 Å². The standard InChI is InChI=1S/C23H20BrFN2O3/c1-14-19(9-6-10-20(14)27-23(29)16-7-4-3-5-8-16)26-22(28)15(2)30-21-12-11-17(25)13-18(21)24/h3-13,15H,1-2H3,(H,26,28)(H,27,29). The molecule has 0 heterocycles. The first-order valence-electron chi connectivity index (χ1n) is 9.23. The first-order chi connectivity index (χ1) is 14.3. The number of rotatable bonds is 6. The second-order valence-electron chi connectivity index (χ2n) is 6.62. The van der Waals surface area contributed by atoms with Gasteiger partial charge in [0, 0.05) is 16.9 Å². The summed E-state index contributed by atoms with van der Waals surface area (Å²) in [4.78, 5) is 25.0. The second kappa shape index (κ2) is 9.54. The summed E-state index contributed by atoms with van der Waals surface area (Å²) in [5.41, 5.74) is 2.40. The third kappa shape index (κ3) is 5.24. The van der Waals surface area contributed by atoms with E-state index in [1.807, 2.05) is 6.07 Å². The molecule has 5 nitrogen and oxygen atoms in total. The lowest BCUT2D eigenvalue weighted by Gasteiger charge is -2.18. The van der Waals surface area contributed by atoms with Crippen molar-refractivity contribution >= 4 is 39.1 Å². The van der Waals surface area contributed by atoms with Gasteiger partial charge >= 0.3 is 0 Å². The maximum atomic E-state index is 13.2. The Hall–Kier alpha value is -3.19. The van der Waals surface area contributed by atoms with Crippen molar-refractivity contribution < 1.29 is 18.7 Å². The molecule has 154 valence electrons. The summed E-state index contributed by atoms with van der Waals surface area (Å²) in [5.74, 6) is -0.656. The van der Waals surface area contributed by atoms with Crippen LogP contribution in [0.5, 0.6) is 5.75 Å². The van der Waals surface area contributed by atoms with Crippen molar-refractivity contribution in [1.29, 1.82) is 0 Å². The van der Waals surface area contributed by atoms with Crippen LogP contribution in [0.1, 0.15) is 22.8 Å². The lowest BCUT2D eigenvalue weighted by atomic mass is 10.1. The zero-order chi connectivity index (χ0) is 21.7. The quantitative estimate of drug-likeness (QED) is 0.495. The largest absolute Gasteiger partial charge is 0.480 e. The van der Waals surface area contributed by atoms with Crippen LogP contribution < -0.4 is 15.4 Å². The highest BCUT2D eigenvalue weighted by molar-refractivity contribution is 9.10. The number of hydrogen-bond donors (Lipinski definition) is 2. The summed E-state index contributed by atoms with van der Waals surface area (Å²) in [6.07, 6.45) is -0.825. The molecule has 0 radical (unpaired) electrons. The average Bonchev–Trinajstić information content (AvgIpc) is 2.73. The first kappa shape index (κ1) is 21.5. The molecule has 1 unspecified atom stereocenters. The van der Waals surface area contributed by atoms with E-state index in [0.717, 1.165) is 0 Å². The van der Waals surface area contributed by atoms with Crippen molar-refractivity contribution in [3.8, 4) is 5.75 Å². The number of nitrogens with one attached hydrogen (secondary N) is 2. The van der Waals surface area contributed by atoms with Crippen molar-refractivity contribution in [1.82, 2.24) is 0 Å². The van der Waals surface area contributed by atoms with Crippen LogP contribution in [0.4, 0.5) is 15.8 Å². The molecule has 0 saturated heterocycles. The predicted molar refractivity (Wildman–Crippen MR) is 118 cm³/mol. The molecule has 0 aromatic heterocycles. The van der Waals surface area contributed by atoms with E-state index in [0.29, 0.717) is 32.7 Å². The lowest BCUT2D eigenvalue weighted by molar-refractivity contribution is -0.122. The van der Waals surface area contributed by atoms with Crippen LogP contribution in [0.25, 0.3) is 0 Å². The maximum absolute atomic E-state index is 13.2. The van der Waals surface area contributed by atoms with Crippen LogP contribution in [0.3, 0.4) is 0 Å². The van der Waals surface area contributed by atoms with Gasteiger partial charge < -0.3 is 15.4 Å². The molecule has 0 aliphatic rings. The third-order valence-electron chi connectivity index (χ3n) is 4.44. The molecular formula is C23H20BrFN2O3. The highest BCUT2D eigenvalue weighted by Crippen LogP contribution is 2.27. The lowest BCUT2D eigenvalue weighted by Crippen LogP contribution is -2.30. The Labute approximate surface area is 182 Å². The number of benzene rings is 3. The summed E-state index contributed by atoms with van der Waals surface area (Å²) < 4.78 is 19.3. The molecule has 0 spiro atoms. The van der Waals surface area contributed by atoms with Crippen LogP contribution in [0.2, 0.25) is 0 Å². The molecule has 3 rings (SSSR count). The molecule has 7 heteroatoms. The number of halogens is 2. The van der Waals surface area contributed by atoms with E-state index in [4.69, 9.17) is 4.74 Å². The molecule has 3 aromatic rings. The topological polar surface area (TPSA) is 67.4 Å². The molecule has 3 aromatic carbocycles. The van der Waals surface area contributed by atoms with Gasteiger partial charge in [-0.05, 0) is 77.8 Å². The highest BCUT2D eigenvalue weighted by atomic mass is 79.9. The van der Waals surface area contributed by atoms with Gasteiger partial charge in [0.1, 0.15) is 11.6 Å². The van der Waals surface area contributed by atoms with Gasteiger partial charge in [-0.15, -0.1) is 0 Å². The fourth-order valence-electron chi connectivity index (χ4n) is 2.74. The number of hydrogen-bond acceptors (Lipinski definition) is 3. The van der Waals surface area contributed by atoms with Gasteiger partial charge in [-0.1, -0.05) is 24.3 Å². The summed E-state index contributed by atoms with van der Waals surface area (Å²) in [7, 11) is 0. The molecule has 0 fully saturated rings. The molecule has 0 saturated carbocycles. The van der Waals surface area contributed by atoms with E-state index in [2.05, 4.69) is 26.6 Å². The summed E-state index contributed by atoms with van der Waals surface area (Å²) in [6, 6.07) is 18.1. The summed E-state index contributed by atoms with van der Waals surface area (Å²) in [6.45, 7) is 3.40. The number of anilines is 2. The van der Waals surface area contributed by atoms with Gasteiger partial charge in [-0.3, -0.25) is 9.59 Å². The predicted octanol–water partition coefficient (Wildman–Crippen LogP) is 5.55. The monoisotopic (exact) mass is 470 g/mol. The minimum Gasteiger partial charge on any atom is -0.480 e. The Balaban J connectivity index is 1.69. The van der Waals surface area contributed by atoms with Crippen molar-refractivity contribution in [3.63, 3.8) is 0 Å². The van der Waals surface area contributed by atoms with Crippen molar-refractivity contribution in [2.75, 3.05) is 10.6 Å². The van der Waals surface area contributed by atoms with Gasteiger partial charge in [0.15, 0.2) is 6.10 Å². The Morgan fingerprint density at radius 3 is 2.30 bits per heavy atom.